The Labute approximate surface area is 137 Å². The van der Waals surface area contributed by atoms with Crippen LogP contribution in [0.3, 0.4) is 0 Å². The minimum Gasteiger partial charge on any atom is -0.368 e. The number of aryl methyl sites for hydroxylation is 1. The summed E-state index contributed by atoms with van der Waals surface area (Å²) < 4.78 is 0. The third-order valence-corrected chi connectivity index (χ3v) is 4.19. The standard InChI is InChI=1S/C19H21N3O/c1-3-19(23)22-9-7-21(8-10-22)18-6-4-5-16(12-18)17-11-15(2)13-20-14-17/h3-6,11-14H,1,7-10H2,2H3. The molecule has 23 heavy (non-hydrogen) atoms. The van der Waals surface area contributed by atoms with E-state index in [2.05, 4.69) is 53.7 Å². The SMILES string of the molecule is C=CC(=O)N1CCN(c2cccc(-c3cncc(C)c3)c2)CC1. The number of amides is 1. The van der Waals surface area contributed by atoms with Gasteiger partial charge >= 0.3 is 0 Å². The van der Waals surface area contributed by atoms with Gasteiger partial charge in [-0.2, -0.15) is 0 Å². The van der Waals surface area contributed by atoms with Gasteiger partial charge in [-0.1, -0.05) is 18.7 Å². The lowest BCUT2D eigenvalue weighted by molar-refractivity contribution is -0.126. The Balaban J connectivity index is 1.76. The minimum atomic E-state index is 0.0178. The van der Waals surface area contributed by atoms with E-state index in [0.717, 1.165) is 37.3 Å². The zero-order chi connectivity index (χ0) is 16.2. The molecule has 1 fully saturated rings. The van der Waals surface area contributed by atoms with Crippen molar-refractivity contribution in [1.29, 1.82) is 0 Å². The molecule has 1 aromatic carbocycles. The van der Waals surface area contributed by atoms with E-state index in [-0.39, 0.29) is 5.91 Å². The quantitative estimate of drug-likeness (QED) is 0.818. The van der Waals surface area contributed by atoms with Gasteiger partial charge in [-0.05, 0) is 42.3 Å². The number of carbonyl (C=O) groups is 1. The van der Waals surface area contributed by atoms with Gasteiger partial charge in [-0.15, -0.1) is 0 Å². The molecule has 118 valence electrons. The summed E-state index contributed by atoms with van der Waals surface area (Å²) in [5.74, 6) is 0.0178. The summed E-state index contributed by atoms with van der Waals surface area (Å²) in [6.45, 7) is 8.77. The van der Waals surface area contributed by atoms with E-state index in [0.29, 0.717) is 0 Å². The topological polar surface area (TPSA) is 36.4 Å². The fraction of sp³-hybridized carbons (Fsp3) is 0.263. The zero-order valence-corrected chi connectivity index (χ0v) is 13.4. The molecule has 4 heteroatoms. The molecule has 0 N–H and O–H groups in total. The molecule has 2 heterocycles. The lowest BCUT2D eigenvalue weighted by atomic mass is 10.1. The first-order valence-corrected chi connectivity index (χ1v) is 7.86. The normalized spacial score (nSPS) is 14.7. The van der Waals surface area contributed by atoms with Crippen molar-refractivity contribution in [2.45, 2.75) is 6.92 Å². The van der Waals surface area contributed by atoms with Crippen LogP contribution in [0.4, 0.5) is 5.69 Å². The third-order valence-electron chi connectivity index (χ3n) is 4.19. The number of rotatable bonds is 3. The Bertz CT molecular complexity index is 718. The molecule has 1 amide bonds. The summed E-state index contributed by atoms with van der Waals surface area (Å²) in [5.41, 5.74) is 4.65. The average Bonchev–Trinajstić information content (AvgIpc) is 2.61. The molecule has 0 aliphatic carbocycles. The van der Waals surface area contributed by atoms with E-state index < -0.39 is 0 Å². The number of benzene rings is 1. The van der Waals surface area contributed by atoms with E-state index in [9.17, 15) is 4.79 Å². The molecule has 1 aromatic heterocycles. The Morgan fingerprint density at radius 3 is 2.61 bits per heavy atom. The molecule has 0 bridgehead atoms. The first-order valence-electron chi connectivity index (χ1n) is 7.86. The summed E-state index contributed by atoms with van der Waals surface area (Å²) in [7, 11) is 0. The van der Waals surface area contributed by atoms with Crippen molar-refractivity contribution in [3.8, 4) is 11.1 Å². The summed E-state index contributed by atoms with van der Waals surface area (Å²) in [6.07, 6.45) is 5.15. The summed E-state index contributed by atoms with van der Waals surface area (Å²) in [4.78, 5) is 20.1. The molecule has 1 aliphatic heterocycles. The van der Waals surface area contributed by atoms with E-state index in [1.807, 2.05) is 17.3 Å². The summed E-state index contributed by atoms with van der Waals surface area (Å²) >= 11 is 0. The molecule has 2 aromatic rings. The van der Waals surface area contributed by atoms with Gasteiger partial charge in [-0.3, -0.25) is 9.78 Å². The van der Waals surface area contributed by atoms with E-state index >= 15 is 0 Å². The first kappa shape index (κ1) is 15.3. The van der Waals surface area contributed by atoms with Gasteiger partial charge in [0.2, 0.25) is 5.91 Å². The number of pyridine rings is 1. The van der Waals surface area contributed by atoms with Crippen molar-refractivity contribution < 1.29 is 4.79 Å². The molecule has 4 nitrogen and oxygen atoms in total. The van der Waals surface area contributed by atoms with E-state index in [1.165, 1.54) is 17.3 Å². The maximum Gasteiger partial charge on any atom is 0.246 e. The Kier molecular flexibility index (Phi) is 4.42. The first-order chi connectivity index (χ1) is 11.2. The van der Waals surface area contributed by atoms with E-state index in [1.54, 1.807) is 0 Å². The molecular formula is C19H21N3O. The molecular weight excluding hydrogens is 286 g/mol. The van der Waals surface area contributed by atoms with Crippen LogP contribution in [0, 0.1) is 6.92 Å². The van der Waals surface area contributed by atoms with Gasteiger partial charge in [0.1, 0.15) is 0 Å². The Morgan fingerprint density at radius 2 is 1.91 bits per heavy atom. The number of piperazine rings is 1. The lowest BCUT2D eigenvalue weighted by Crippen LogP contribution is -2.48. The second-order valence-corrected chi connectivity index (χ2v) is 5.82. The van der Waals surface area contributed by atoms with Crippen LogP contribution in [0.1, 0.15) is 5.56 Å². The summed E-state index contributed by atoms with van der Waals surface area (Å²) in [6, 6.07) is 10.7. The van der Waals surface area contributed by atoms with Gasteiger partial charge in [0.25, 0.3) is 0 Å². The van der Waals surface area contributed by atoms with Crippen LogP contribution < -0.4 is 4.90 Å². The minimum absolute atomic E-state index is 0.0178. The predicted molar refractivity (Wildman–Crippen MR) is 93.4 cm³/mol. The maximum atomic E-state index is 11.7. The van der Waals surface area contributed by atoms with Crippen LogP contribution in [0.15, 0.2) is 55.4 Å². The number of nitrogens with zero attached hydrogens (tertiary/aromatic N) is 3. The van der Waals surface area contributed by atoms with Crippen molar-refractivity contribution >= 4 is 11.6 Å². The second-order valence-electron chi connectivity index (χ2n) is 5.82. The van der Waals surface area contributed by atoms with Crippen LogP contribution >= 0.6 is 0 Å². The average molecular weight is 307 g/mol. The van der Waals surface area contributed by atoms with Gasteiger partial charge in [-0.25, -0.2) is 0 Å². The number of aromatic nitrogens is 1. The van der Waals surface area contributed by atoms with Crippen LogP contribution in [-0.2, 0) is 4.79 Å². The van der Waals surface area contributed by atoms with Crippen molar-refractivity contribution in [3.05, 3.63) is 60.9 Å². The highest BCUT2D eigenvalue weighted by Gasteiger charge is 2.19. The highest BCUT2D eigenvalue weighted by Crippen LogP contribution is 2.25. The zero-order valence-electron chi connectivity index (χ0n) is 13.4. The van der Waals surface area contributed by atoms with Gasteiger partial charge in [0.15, 0.2) is 0 Å². The summed E-state index contributed by atoms with van der Waals surface area (Å²) in [5, 5.41) is 0. The molecule has 0 radical (unpaired) electrons. The predicted octanol–water partition coefficient (Wildman–Crippen LogP) is 2.89. The van der Waals surface area contributed by atoms with Gasteiger partial charge < -0.3 is 9.80 Å². The lowest BCUT2D eigenvalue weighted by Gasteiger charge is -2.35. The molecule has 0 spiro atoms. The highest BCUT2D eigenvalue weighted by atomic mass is 16.2. The van der Waals surface area contributed by atoms with Gasteiger partial charge in [0, 0.05) is 49.8 Å². The Morgan fingerprint density at radius 1 is 1.13 bits per heavy atom. The molecule has 1 saturated heterocycles. The van der Waals surface area contributed by atoms with Gasteiger partial charge in [0.05, 0.1) is 0 Å². The van der Waals surface area contributed by atoms with Crippen molar-refractivity contribution in [1.82, 2.24) is 9.88 Å². The molecule has 0 unspecified atom stereocenters. The smallest absolute Gasteiger partial charge is 0.246 e. The number of anilines is 1. The molecule has 0 atom stereocenters. The number of carbonyl (C=O) groups excluding carboxylic acids is 1. The van der Waals surface area contributed by atoms with Crippen molar-refractivity contribution in [2.75, 3.05) is 31.1 Å². The fourth-order valence-electron chi connectivity index (χ4n) is 2.91. The molecule has 0 saturated carbocycles. The van der Waals surface area contributed by atoms with E-state index in [4.69, 9.17) is 0 Å². The second kappa shape index (κ2) is 6.65. The molecule has 3 rings (SSSR count). The maximum absolute atomic E-state index is 11.7. The van der Waals surface area contributed by atoms with Crippen molar-refractivity contribution in [3.63, 3.8) is 0 Å². The highest BCUT2D eigenvalue weighted by molar-refractivity contribution is 5.87. The Hall–Kier alpha value is -2.62. The fourth-order valence-corrected chi connectivity index (χ4v) is 2.91. The number of hydrogen-bond acceptors (Lipinski definition) is 3. The molecule has 1 aliphatic rings. The van der Waals surface area contributed by atoms with Crippen LogP contribution in [-0.4, -0.2) is 42.0 Å². The van der Waals surface area contributed by atoms with Crippen LogP contribution in [0.25, 0.3) is 11.1 Å². The van der Waals surface area contributed by atoms with Crippen LogP contribution in [0.5, 0.6) is 0 Å². The monoisotopic (exact) mass is 307 g/mol. The number of hydrogen-bond donors (Lipinski definition) is 0. The van der Waals surface area contributed by atoms with Crippen LogP contribution in [0.2, 0.25) is 0 Å². The van der Waals surface area contributed by atoms with Crippen molar-refractivity contribution in [2.24, 2.45) is 0 Å². The largest absolute Gasteiger partial charge is 0.368 e. The third kappa shape index (κ3) is 3.42.